The number of amides is 2. The van der Waals surface area contributed by atoms with Crippen molar-refractivity contribution in [2.45, 2.75) is 33.6 Å². The molecule has 0 bridgehead atoms. The van der Waals surface area contributed by atoms with Gasteiger partial charge in [-0.25, -0.2) is 0 Å². The quantitative estimate of drug-likeness (QED) is 0.624. The molecule has 0 atom stereocenters. The van der Waals surface area contributed by atoms with Crippen LogP contribution in [0.15, 0.2) is 42.5 Å². The number of anilines is 2. The molecule has 0 heterocycles. The highest BCUT2D eigenvalue weighted by atomic mass is 35.5. The van der Waals surface area contributed by atoms with Crippen LogP contribution >= 0.6 is 11.6 Å². The summed E-state index contributed by atoms with van der Waals surface area (Å²) in [6.07, 6.45) is 1.83. The second-order valence-electron chi connectivity index (χ2n) is 6.69. The first-order valence-electron chi connectivity index (χ1n) is 9.64. The summed E-state index contributed by atoms with van der Waals surface area (Å²) >= 11 is 6.10. The van der Waals surface area contributed by atoms with Gasteiger partial charge in [-0.2, -0.15) is 0 Å². The maximum Gasteiger partial charge on any atom is 0.253 e. The number of hydrogen-bond donors (Lipinski definition) is 2. The molecule has 0 spiro atoms. The number of hydrogen-bond acceptors (Lipinski definition) is 3. The molecule has 0 saturated heterocycles. The molecule has 2 N–H and O–H groups in total. The maximum absolute atomic E-state index is 12.7. The normalized spacial score (nSPS) is 10.4. The van der Waals surface area contributed by atoms with Gasteiger partial charge in [-0.15, -0.1) is 0 Å². The molecule has 0 unspecified atom stereocenters. The van der Waals surface area contributed by atoms with Gasteiger partial charge in [-0.3, -0.25) is 9.59 Å². The lowest BCUT2D eigenvalue weighted by atomic mass is 10.1. The highest BCUT2D eigenvalue weighted by Crippen LogP contribution is 2.22. The molecule has 2 rings (SSSR count). The summed E-state index contributed by atoms with van der Waals surface area (Å²) in [5, 5.41) is 6.58. The molecule has 0 aromatic heterocycles. The highest BCUT2D eigenvalue weighted by Gasteiger charge is 2.15. The number of carbonyl (C=O) groups is 2. The predicted octanol–water partition coefficient (Wildman–Crippen LogP) is 4.96. The van der Waals surface area contributed by atoms with E-state index in [9.17, 15) is 9.59 Å². The average molecular weight is 402 g/mol. The van der Waals surface area contributed by atoms with Gasteiger partial charge in [0.05, 0.1) is 6.54 Å². The molecule has 2 amide bonds. The van der Waals surface area contributed by atoms with E-state index in [0.717, 1.165) is 37.2 Å². The zero-order valence-corrected chi connectivity index (χ0v) is 17.5. The Bertz CT molecular complexity index is 817. The van der Waals surface area contributed by atoms with Gasteiger partial charge >= 0.3 is 0 Å². The van der Waals surface area contributed by atoms with Crippen molar-refractivity contribution in [2.75, 3.05) is 30.3 Å². The number of carbonyl (C=O) groups excluding carboxylic acids is 2. The van der Waals surface area contributed by atoms with Crippen LogP contribution in [0, 0.1) is 6.92 Å². The van der Waals surface area contributed by atoms with Crippen molar-refractivity contribution in [1.82, 2.24) is 4.90 Å². The van der Waals surface area contributed by atoms with E-state index in [2.05, 4.69) is 24.5 Å². The second kappa shape index (κ2) is 10.7. The summed E-state index contributed by atoms with van der Waals surface area (Å²) < 4.78 is 0. The van der Waals surface area contributed by atoms with Crippen LogP contribution in [0.4, 0.5) is 11.4 Å². The van der Waals surface area contributed by atoms with Gasteiger partial charge < -0.3 is 15.5 Å². The molecule has 2 aromatic carbocycles. The third-order valence-corrected chi connectivity index (χ3v) is 4.78. The van der Waals surface area contributed by atoms with Crippen LogP contribution in [-0.2, 0) is 4.79 Å². The molecule has 0 aliphatic heterocycles. The van der Waals surface area contributed by atoms with Crippen molar-refractivity contribution in [3.63, 3.8) is 0 Å². The van der Waals surface area contributed by atoms with E-state index in [1.807, 2.05) is 30.0 Å². The van der Waals surface area contributed by atoms with Gasteiger partial charge in [0.25, 0.3) is 5.91 Å². The van der Waals surface area contributed by atoms with E-state index >= 15 is 0 Å². The van der Waals surface area contributed by atoms with Crippen LogP contribution in [0.25, 0.3) is 0 Å². The first-order valence-corrected chi connectivity index (χ1v) is 10.0. The SMILES string of the molecule is CCCN(CCC)C(=O)c1cccc(NC(=O)CNc2cccc(Cl)c2C)c1. The first kappa shape index (κ1) is 21.8. The molecule has 28 heavy (non-hydrogen) atoms. The van der Waals surface area contributed by atoms with E-state index in [0.29, 0.717) is 16.3 Å². The third-order valence-electron chi connectivity index (χ3n) is 4.37. The van der Waals surface area contributed by atoms with Crippen molar-refractivity contribution in [3.8, 4) is 0 Å². The predicted molar refractivity (Wildman–Crippen MR) is 116 cm³/mol. The van der Waals surface area contributed by atoms with Gasteiger partial charge in [0.2, 0.25) is 5.91 Å². The van der Waals surface area contributed by atoms with Crippen LogP contribution in [0.5, 0.6) is 0 Å². The van der Waals surface area contributed by atoms with Crippen LogP contribution < -0.4 is 10.6 Å². The van der Waals surface area contributed by atoms with Crippen molar-refractivity contribution < 1.29 is 9.59 Å². The van der Waals surface area contributed by atoms with Crippen LogP contribution in [0.1, 0.15) is 42.6 Å². The van der Waals surface area contributed by atoms with E-state index in [-0.39, 0.29) is 18.4 Å². The topological polar surface area (TPSA) is 61.4 Å². The first-order chi connectivity index (χ1) is 13.5. The fourth-order valence-corrected chi connectivity index (χ4v) is 3.12. The van der Waals surface area contributed by atoms with Crippen LogP contribution in [0.3, 0.4) is 0 Å². The zero-order chi connectivity index (χ0) is 20.5. The largest absolute Gasteiger partial charge is 0.376 e. The van der Waals surface area contributed by atoms with E-state index in [1.54, 1.807) is 24.3 Å². The maximum atomic E-state index is 12.7. The molecule has 0 fully saturated rings. The Morgan fingerprint density at radius 3 is 2.39 bits per heavy atom. The van der Waals surface area contributed by atoms with Crippen molar-refractivity contribution in [2.24, 2.45) is 0 Å². The lowest BCUT2D eigenvalue weighted by Gasteiger charge is -2.21. The summed E-state index contributed by atoms with van der Waals surface area (Å²) in [6, 6.07) is 12.6. The summed E-state index contributed by atoms with van der Waals surface area (Å²) in [5.41, 5.74) is 2.91. The third kappa shape index (κ3) is 5.99. The molecule has 150 valence electrons. The number of benzene rings is 2. The Hall–Kier alpha value is -2.53. The minimum absolute atomic E-state index is 0.00697. The summed E-state index contributed by atoms with van der Waals surface area (Å²) in [7, 11) is 0. The van der Waals surface area contributed by atoms with Crippen molar-refractivity contribution in [1.29, 1.82) is 0 Å². The Morgan fingerprint density at radius 2 is 1.71 bits per heavy atom. The van der Waals surface area contributed by atoms with E-state index in [4.69, 9.17) is 11.6 Å². The summed E-state index contributed by atoms with van der Waals surface area (Å²) in [4.78, 5) is 26.9. The smallest absolute Gasteiger partial charge is 0.253 e. The molecule has 5 nitrogen and oxygen atoms in total. The Morgan fingerprint density at radius 1 is 1.04 bits per heavy atom. The Labute approximate surface area is 172 Å². The summed E-state index contributed by atoms with van der Waals surface area (Å²) in [6.45, 7) is 7.58. The second-order valence-corrected chi connectivity index (χ2v) is 7.09. The standard InChI is InChI=1S/C22H28ClN3O2/c1-4-12-26(13-5-2)22(28)17-8-6-9-18(14-17)25-21(27)15-24-20-11-7-10-19(23)16(20)3/h6-11,14,24H,4-5,12-13,15H2,1-3H3,(H,25,27). The van der Waals surface area contributed by atoms with E-state index < -0.39 is 0 Å². The van der Waals surface area contributed by atoms with Crippen LogP contribution in [-0.4, -0.2) is 36.3 Å². The monoisotopic (exact) mass is 401 g/mol. The summed E-state index contributed by atoms with van der Waals surface area (Å²) in [5.74, 6) is -0.199. The molecule has 0 saturated carbocycles. The van der Waals surface area contributed by atoms with Gasteiger partial charge in [-0.05, 0) is 55.7 Å². The molecule has 2 aromatic rings. The van der Waals surface area contributed by atoms with Crippen molar-refractivity contribution >= 4 is 34.8 Å². The molecule has 0 aliphatic carbocycles. The van der Waals surface area contributed by atoms with Gasteiger partial charge in [0.15, 0.2) is 0 Å². The van der Waals surface area contributed by atoms with Gasteiger partial charge in [0.1, 0.15) is 0 Å². The highest BCUT2D eigenvalue weighted by molar-refractivity contribution is 6.31. The fourth-order valence-electron chi connectivity index (χ4n) is 2.95. The van der Waals surface area contributed by atoms with Gasteiger partial charge in [-0.1, -0.05) is 37.6 Å². The lowest BCUT2D eigenvalue weighted by Crippen LogP contribution is -2.32. The molecule has 0 aliphatic rings. The molecular weight excluding hydrogens is 374 g/mol. The minimum atomic E-state index is -0.192. The fraction of sp³-hybridized carbons (Fsp3) is 0.364. The number of nitrogens with one attached hydrogen (secondary N) is 2. The lowest BCUT2D eigenvalue weighted by molar-refractivity contribution is -0.114. The van der Waals surface area contributed by atoms with E-state index in [1.165, 1.54) is 0 Å². The number of nitrogens with zero attached hydrogens (tertiary/aromatic N) is 1. The minimum Gasteiger partial charge on any atom is -0.376 e. The van der Waals surface area contributed by atoms with Crippen molar-refractivity contribution in [3.05, 3.63) is 58.6 Å². The number of rotatable bonds is 9. The molecular formula is C22H28ClN3O2. The molecule has 6 heteroatoms. The zero-order valence-electron chi connectivity index (χ0n) is 16.7. The van der Waals surface area contributed by atoms with Gasteiger partial charge in [0, 0.05) is 35.1 Å². The Kier molecular flexibility index (Phi) is 8.33. The average Bonchev–Trinajstić information content (AvgIpc) is 2.68. The Balaban J connectivity index is 2.00. The van der Waals surface area contributed by atoms with Crippen LogP contribution in [0.2, 0.25) is 5.02 Å². The number of halogens is 1. The molecule has 0 radical (unpaired) electrons.